The van der Waals surface area contributed by atoms with Crippen LogP contribution in [0.5, 0.6) is 5.75 Å². The molecule has 0 spiro atoms. The van der Waals surface area contributed by atoms with Crippen LogP contribution in [-0.2, 0) is 13.2 Å². The number of hydrogen-bond donors (Lipinski definition) is 0. The lowest BCUT2D eigenvalue weighted by Gasteiger charge is -2.26. The second-order valence-corrected chi connectivity index (χ2v) is 8.68. The van der Waals surface area contributed by atoms with E-state index in [0.29, 0.717) is 21.7 Å². The molecule has 0 radical (unpaired) electrons. The molecule has 0 bridgehead atoms. The molecule has 1 aliphatic heterocycles. The molecule has 0 N–H and O–H groups in total. The first-order valence-corrected chi connectivity index (χ1v) is 11.2. The molecule has 29 heavy (non-hydrogen) atoms. The molecule has 1 fully saturated rings. The molecule has 4 nitrogen and oxygen atoms in total. The minimum Gasteiger partial charge on any atom is -0.486 e. The lowest BCUT2D eigenvalue weighted by atomic mass is 10.1. The van der Waals surface area contributed by atoms with E-state index in [2.05, 4.69) is 9.47 Å². The topological polar surface area (TPSA) is 30.3 Å². The predicted molar refractivity (Wildman–Crippen MR) is 120 cm³/mol. The predicted octanol–water partition coefficient (Wildman–Crippen LogP) is 6.45. The van der Waals surface area contributed by atoms with Gasteiger partial charge in [0.05, 0.1) is 21.1 Å². The number of ether oxygens (including phenoxy) is 1. The van der Waals surface area contributed by atoms with Crippen molar-refractivity contribution in [3.05, 3.63) is 57.3 Å². The molecule has 0 aliphatic carbocycles. The second-order valence-electron chi connectivity index (χ2n) is 7.43. The van der Waals surface area contributed by atoms with Gasteiger partial charge in [0, 0.05) is 11.6 Å². The minimum absolute atomic E-state index is 0.370. The van der Waals surface area contributed by atoms with Gasteiger partial charge in [0.2, 0.25) is 0 Å². The molecule has 154 valence electrons. The zero-order valence-electron chi connectivity index (χ0n) is 16.2. The summed E-state index contributed by atoms with van der Waals surface area (Å²) in [6.45, 7) is 4.75. The van der Waals surface area contributed by atoms with Crippen LogP contribution in [0.3, 0.4) is 0 Å². The van der Waals surface area contributed by atoms with Crippen molar-refractivity contribution in [2.24, 2.45) is 0 Å². The van der Waals surface area contributed by atoms with Crippen molar-refractivity contribution in [2.75, 3.05) is 19.6 Å². The number of hydrogen-bond acceptors (Lipinski definition) is 3. The van der Waals surface area contributed by atoms with Gasteiger partial charge in [0.15, 0.2) is 0 Å². The summed E-state index contributed by atoms with van der Waals surface area (Å²) in [6, 6.07) is 11.1. The summed E-state index contributed by atoms with van der Waals surface area (Å²) in [5.74, 6) is 1.63. The van der Waals surface area contributed by atoms with Gasteiger partial charge in [-0.1, -0.05) is 41.2 Å². The van der Waals surface area contributed by atoms with Crippen LogP contribution >= 0.6 is 34.8 Å². The smallest absolute Gasteiger partial charge is 0.148 e. The minimum atomic E-state index is 0.370. The molecule has 0 atom stereocenters. The number of piperidine rings is 1. The van der Waals surface area contributed by atoms with Crippen molar-refractivity contribution in [2.45, 2.75) is 38.8 Å². The average molecular weight is 453 g/mol. The average Bonchev–Trinajstić information content (AvgIpc) is 3.05. The molecule has 2 heterocycles. The highest BCUT2D eigenvalue weighted by Crippen LogP contribution is 2.29. The first-order valence-electron chi connectivity index (χ1n) is 10.0. The van der Waals surface area contributed by atoms with Gasteiger partial charge in [0.1, 0.15) is 18.2 Å². The molecule has 0 unspecified atom stereocenters. The number of aryl methyl sites for hydroxylation is 1. The lowest BCUT2D eigenvalue weighted by Crippen LogP contribution is -2.31. The van der Waals surface area contributed by atoms with E-state index >= 15 is 0 Å². The van der Waals surface area contributed by atoms with Gasteiger partial charge in [-0.15, -0.1) is 0 Å². The van der Waals surface area contributed by atoms with Gasteiger partial charge in [-0.05, 0) is 75.3 Å². The summed E-state index contributed by atoms with van der Waals surface area (Å²) in [7, 11) is 0. The zero-order valence-corrected chi connectivity index (χ0v) is 18.5. The Morgan fingerprint density at radius 2 is 1.62 bits per heavy atom. The Labute approximate surface area is 186 Å². The number of halogens is 3. The molecule has 0 saturated carbocycles. The molecule has 4 rings (SSSR count). The fourth-order valence-electron chi connectivity index (χ4n) is 3.84. The quantitative estimate of drug-likeness (QED) is 0.412. The monoisotopic (exact) mass is 451 g/mol. The molecule has 0 amide bonds. The van der Waals surface area contributed by atoms with E-state index in [-0.39, 0.29) is 0 Å². The summed E-state index contributed by atoms with van der Waals surface area (Å²) in [5.41, 5.74) is 1.83. The van der Waals surface area contributed by atoms with Crippen LogP contribution in [0.1, 0.15) is 31.5 Å². The zero-order chi connectivity index (χ0) is 20.2. The van der Waals surface area contributed by atoms with Crippen LogP contribution in [0.15, 0.2) is 36.4 Å². The maximum atomic E-state index is 6.29. The summed E-state index contributed by atoms with van der Waals surface area (Å²) >= 11 is 18.5. The van der Waals surface area contributed by atoms with Gasteiger partial charge in [-0.3, -0.25) is 0 Å². The van der Waals surface area contributed by atoms with Crippen LogP contribution in [0.25, 0.3) is 11.0 Å². The maximum Gasteiger partial charge on any atom is 0.148 e. The van der Waals surface area contributed by atoms with E-state index in [1.807, 2.05) is 36.4 Å². The third-order valence-corrected chi connectivity index (χ3v) is 6.33. The van der Waals surface area contributed by atoms with E-state index in [0.717, 1.165) is 42.1 Å². The molecule has 3 aromatic rings. The third kappa shape index (κ3) is 5.18. The number of nitrogens with zero attached hydrogens (tertiary/aromatic N) is 3. The number of benzene rings is 2. The van der Waals surface area contributed by atoms with Gasteiger partial charge in [-0.25, -0.2) is 4.98 Å². The fourth-order valence-corrected chi connectivity index (χ4v) is 4.29. The van der Waals surface area contributed by atoms with Gasteiger partial charge in [0.25, 0.3) is 0 Å². The highest BCUT2D eigenvalue weighted by atomic mass is 35.5. The third-order valence-electron chi connectivity index (χ3n) is 5.36. The Morgan fingerprint density at radius 3 is 2.38 bits per heavy atom. The summed E-state index contributed by atoms with van der Waals surface area (Å²) in [6.07, 6.45) is 5.03. The number of likely N-dealkylation sites (tertiary alicyclic amines) is 1. The lowest BCUT2D eigenvalue weighted by molar-refractivity contribution is 0.222. The largest absolute Gasteiger partial charge is 0.486 e. The molecule has 1 saturated heterocycles. The first kappa shape index (κ1) is 20.8. The van der Waals surface area contributed by atoms with Crippen molar-refractivity contribution in [3.8, 4) is 5.75 Å². The van der Waals surface area contributed by atoms with Gasteiger partial charge >= 0.3 is 0 Å². The molecule has 1 aliphatic rings. The van der Waals surface area contributed by atoms with Crippen molar-refractivity contribution < 1.29 is 4.74 Å². The van der Waals surface area contributed by atoms with E-state index in [4.69, 9.17) is 44.5 Å². The Balaban J connectivity index is 1.52. The number of rotatable bonds is 7. The second kappa shape index (κ2) is 9.57. The number of fused-ring (bicyclic) bond motifs is 1. The summed E-state index contributed by atoms with van der Waals surface area (Å²) in [5, 5.41) is 1.75. The first-order chi connectivity index (χ1) is 14.1. The summed E-state index contributed by atoms with van der Waals surface area (Å²) in [4.78, 5) is 7.32. The Kier molecular flexibility index (Phi) is 6.86. The van der Waals surface area contributed by atoms with E-state index in [9.17, 15) is 0 Å². The van der Waals surface area contributed by atoms with Gasteiger partial charge < -0.3 is 14.2 Å². The Bertz CT molecular complexity index is 966. The van der Waals surface area contributed by atoms with Crippen LogP contribution in [0.4, 0.5) is 0 Å². The highest BCUT2D eigenvalue weighted by Gasteiger charge is 2.15. The summed E-state index contributed by atoms with van der Waals surface area (Å²) < 4.78 is 8.16. The Hall–Kier alpha value is -1.46. The van der Waals surface area contributed by atoms with E-state index < -0.39 is 0 Å². The molecule has 1 aromatic heterocycles. The van der Waals surface area contributed by atoms with Crippen molar-refractivity contribution in [1.29, 1.82) is 0 Å². The molecule has 7 heteroatoms. The van der Waals surface area contributed by atoms with Crippen LogP contribution in [0.2, 0.25) is 15.1 Å². The SMILES string of the molecule is Clc1ccc(OCc2nc3cc(Cl)c(Cl)cc3n2CCCN2CCCCC2)cc1. The molecular formula is C22H24Cl3N3O. The molecule has 2 aromatic carbocycles. The van der Waals surface area contributed by atoms with Crippen LogP contribution < -0.4 is 4.74 Å². The number of aromatic nitrogens is 2. The standard InChI is InChI=1S/C22H24Cl3N3O/c23-16-5-7-17(8-6-16)29-15-22-26-20-13-18(24)19(25)14-21(20)28(22)12-4-11-27-9-2-1-3-10-27/h5-8,13-14H,1-4,9-12,15H2. The van der Waals surface area contributed by atoms with E-state index in [1.54, 1.807) is 0 Å². The van der Waals surface area contributed by atoms with Crippen molar-refractivity contribution in [3.63, 3.8) is 0 Å². The molecular weight excluding hydrogens is 429 g/mol. The van der Waals surface area contributed by atoms with Gasteiger partial charge in [-0.2, -0.15) is 0 Å². The van der Waals surface area contributed by atoms with Crippen molar-refractivity contribution >= 4 is 45.8 Å². The van der Waals surface area contributed by atoms with Crippen LogP contribution in [0, 0.1) is 0 Å². The number of imidazole rings is 1. The fraction of sp³-hybridized carbons (Fsp3) is 0.409. The van der Waals surface area contributed by atoms with E-state index in [1.165, 1.54) is 32.4 Å². The highest BCUT2D eigenvalue weighted by molar-refractivity contribution is 6.42. The normalized spacial score (nSPS) is 15.1. The van der Waals surface area contributed by atoms with Crippen molar-refractivity contribution in [1.82, 2.24) is 14.5 Å². The Morgan fingerprint density at radius 1 is 0.897 bits per heavy atom. The maximum absolute atomic E-state index is 6.29. The van der Waals surface area contributed by atoms with Crippen LogP contribution in [-0.4, -0.2) is 34.1 Å².